The molecule has 2 saturated carbocycles. The second-order valence-corrected chi connectivity index (χ2v) is 8.82. The normalized spacial score (nSPS) is 34.1. The number of likely N-dealkylation sites (tertiary alicyclic amines) is 1. The molecule has 0 bridgehead atoms. The molecule has 1 aliphatic heterocycles. The highest BCUT2D eigenvalue weighted by atomic mass is 16.5. The van der Waals surface area contributed by atoms with Gasteiger partial charge in [-0.2, -0.15) is 0 Å². The Hall–Kier alpha value is -0.570. The molecule has 25 heavy (non-hydrogen) atoms. The molecule has 0 aromatic carbocycles. The van der Waals surface area contributed by atoms with Crippen molar-refractivity contribution in [2.75, 3.05) is 13.1 Å². The van der Waals surface area contributed by atoms with E-state index in [4.69, 9.17) is 4.74 Å². The van der Waals surface area contributed by atoms with E-state index in [1.807, 2.05) is 0 Å². The molecule has 2 aliphatic carbocycles. The van der Waals surface area contributed by atoms with Gasteiger partial charge in [-0.1, -0.05) is 32.6 Å². The number of unbranched alkanes of at least 4 members (excludes halogenated alkanes) is 2. The second-order valence-electron chi connectivity index (χ2n) is 8.82. The maximum Gasteiger partial charge on any atom is 0.309 e. The van der Waals surface area contributed by atoms with E-state index in [-0.39, 0.29) is 18.0 Å². The van der Waals surface area contributed by atoms with E-state index >= 15 is 0 Å². The summed E-state index contributed by atoms with van der Waals surface area (Å²) in [6, 6.07) is 0.760. The third-order valence-electron chi connectivity index (χ3n) is 6.98. The quantitative estimate of drug-likeness (QED) is 0.460. The average molecular weight is 350 g/mol. The standard InChI is InChI=1S/C22H39NO2/c1-2-3-4-7-18-8-10-19(11-9-18)22(24)25-21-14-12-20(13-15-21)23-16-5-6-17-23/h18-21H,2-17H2,1H3. The van der Waals surface area contributed by atoms with Gasteiger partial charge in [0.05, 0.1) is 5.92 Å². The molecule has 3 fully saturated rings. The number of ether oxygens (including phenoxy) is 1. The molecule has 3 heteroatoms. The minimum atomic E-state index is 0.122. The summed E-state index contributed by atoms with van der Waals surface area (Å²) in [4.78, 5) is 15.2. The highest BCUT2D eigenvalue weighted by Crippen LogP contribution is 2.34. The zero-order valence-corrected chi connectivity index (χ0v) is 16.4. The molecule has 3 rings (SSSR count). The predicted molar refractivity (Wildman–Crippen MR) is 103 cm³/mol. The minimum absolute atomic E-state index is 0.122. The van der Waals surface area contributed by atoms with Crippen molar-refractivity contribution < 1.29 is 9.53 Å². The lowest BCUT2D eigenvalue weighted by atomic mass is 9.79. The number of hydrogen-bond acceptors (Lipinski definition) is 3. The van der Waals surface area contributed by atoms with Crippen LogP contribution in [-0.4, -0.2) is 36.1 Å². The molecule has 0 unspecified atom stereocenters. The largest absolute Gasteiger partial charge is 0.462 e. The Labute approximate surface area is 154 Å². The number of esters is 1. The van der Waals surface area contributed by atoms with E-state index < -0.39 is 0 Å². The van der Waals surface area contributed by atoms with Crippen LogP contribution in [-0.2, 0) is 9.53 Å². The predicted octanol–water partition coefficient (Wildman–Crippen LogP) is 5.32. The molecule has 0 spiro atoms. The van der Waals surface area contributed by atoms with Crippen molar-refractivity contribution in [1.29, 1.82) is 0 Å². The zero-order valence-electron chi connectivity index (χ0n) is 16.4. The van der Waals surface area contributed by atoms with Gasteiger partial charge in [0, 0.05) is 6.04 Å². The number of rotatable bonds is 7. The van der Waals surface area contributed by atoms with Crippen LogP contribution in [0.2, 0.25) is 0 Å². The first-order valence-corrected chi connectivity index (χ1v) is 11.2. The summed E-state index contributed by atoms with van der Waals surface area (Å²) in [5, 5.41) is 0. The smallest absolute Gasteiger partial charge is 0.309 e. The number of carbonyl (C=O) groups excluding carboxylic acids is 1. The first kappa shape index (κ1) is 19.2. The first-order valence-electron chi connectivity index (χ1n) is 11.2. The van der Waals surface area contributed by atoms with Crippen molar-refractivity contribution in [2.45, 2.75) is 109 Å². The molecule has 0 aromatic rings. The zero-order chi connectivity index (χ0) is 17.5. The van der Waals surface area contributed by atoms with Crippen LogP contribution in [0.15, 0.2) is 0 Å². The van der Waals surface area contributed by atoms with Gasteiger partial charge in [-0.05, 0) is 83.2 Å². The number of carbonyl (C=O) groups is 1. The summed E-state index contributed by atoms with van der Waals surface area (Å²) in [6.45, 7) is 4.85. The van der Waals surface area contributed by atoms with E-state index in [1.165, 1.54) is 77.3 Å². The van der Waals surface area contributed by atoms with Gasteiger partial charge in [-0.3, -0.25) is 4.79 Å². The Morgan fingerprint density at radius 3 is 2.24 bits per heavy atom. The van der Waals surface area contributed by atoms with Crippen LogP contribution in [0.25, 0.3) is 0 Å². The molecule has 3 nitrogen and oxygen atoms in total. The SMILES string of the molecule is CCCCCC1CCC(C(=O)OC2CCC(N3CCCC3)CC2)CC1. The van der Waals surface area contributed by atoms with Crippen molar-refractivity contribution in [3.8, 4) is 0 Å². The Morgan fingerprint density at radius 1 is 0.920 bits per heavy atom. The summed E-state index contributed by atoms with van der Waals surface area (Å²) < 4.78 is 5.92. The third-order valence-corrected chi connectivity index (χ3v) is 6.98. The highest BCUT2D eigenvalue weighted by molar-refractivity contribution is 5.72. The van der Waals surface area contributed by atoms with Crippen LogP contribution in [0.5, 0.6) is 0 Å². The molecule has 3 aliphatic rings. The molecule has 0 aromatic heterocycles. The van der Waals surface area contributed by atoms with Crippen molar-refractivity contribution in [3.63, 3.8) is 0 Å². The van der Waals surface area contributed by atoms with Gasteiger partial charge < -0.3 is 9.64 Å². The third kappa shape index (κ3) is 5.70. The number of nitrogens with zero attached hydrogens (tertiary/aromatic N) is 1. The summed E-state index contributed by atoms with van der Waals surface area (Å²) in [6.07, 6.45) is 17.6. The lowest BCUT2D eigenvalue weighted by Gasteiger charge is -2.35. The average Bonchev–Trinajstić information content (AvgIpc) is 3.18. The van der Waals surface area contributed by atoms with Crippen LogP contribution in [0.1, 0.15) is 96.8 Å². The van der Waals surface area contributed by atoms with Crippen LogP contribution in [0.3, 0.4) is 0 Å². The van der Waals surface area contributed by atoms with Gasteiger partial charge in [0.2, 0.25) is 0 Å². The Bertz CT molecular complexity index is 389. The van der Waals surface area contributed by atoms with E-state index in [0.717, 1.165) is 37.6 Å². The molecular weight excluding hydrogens is 310 g/mol. The van der Waals surface area contributed by atoms with Gasteiger partial charge in [-0.25, -0.2) is 0 Å². The van der Waals surface area contributed by atoms with Crippen molar-refractivity contribution in [3.05, 3.63) is 0 Å². The van der Waals surface area contributed by atoms with Crippen LogP contribution >= 0.6 is 0 Å². The fourth-order valence-corrected chi connectivity index (χ4v) is 5.27. The summed E-state index contributed by atoms with van der Waals surface area (Å²) >= 11 is 0. The summed E-state index contributed by atoms with van der Waals surface area (Å²) in [5.41, 5.74) is 0. The Kier molecular flexibility index (Phi) is 7.64. The highest BCUT2D eigenvalue weighted by Gasteiger charge is 2.32. The van der Waals surface area contributed by atoms with Crippen LogP contribution < -0.4 is 0 Å². The van der Waals surface area contributed by atoms with E-state index in [2.05, 4.69) is 11.8 Å². The van der Waals surface area contributed by atoms with Gasteiger partial charge in [-0.15, -0.1) is 0 Å². The maximum absolute atomic E-state index is 12.5. The van der Waals surface area contributed by atoms with E-state index in [9.17, 15) is 4.79 Å². The lowest BCUT2D eigenvalue weighted by molar-refractivity contribution is -0.157. The van der Waals surface area contributed by atoms with E-state index in [0.29, 0.717) is 0 Å². The van der Waals surface area contributed by atoms with E-state index in [1.54, 1.807) is 0 Å². The van der Waals surface area contributed by atoms with Crippen molar-refractivity contribution >= 4 is 5.97 Å². The summed E-state index contributed by atoms with van der Waals surface area (Å²) in [7, 11) is 0. The van der Waals surface area contributed by atoms with Crippen molar-refractivity contribution in [1.82, 2.24) is 4.90 Å². The molecule has 144 valence electrons. The molecule has 0 radical (unpaired) electrons. The fourth-order valence-electron chi connectivity index (χ4n) is 5.27. The molecule has 1 heterocycles. The fraction of sp³-hybridized carbons (Fsp3) is 0.955. The molecule has 0 atom stereocenters. The van der Waals surface area contributed by atoms with Gasteiger partial charge >= 0.3 is 5.97 Å². The molecule has 0 amide bonds. The molecular formula is C22H39NO2. The minimum Gasteiger partial charge on any atom is -0.462 e. The second kappa shape index (κ2) is 9.94. The lowest BCUT2D eigenvalue weighted by Crippen LogP contribution is -2.38. The van der Waals surface area contributed by atoms with Crippen LogP contribution in [0, 0.1) is 11.8 Å². The Morgan fingerprint density at radius 2 is 1.60 bits per heavy atom. The van der Waals surface area contributed by atoms with Crippen LogP contribution in [0.4, 0.5) is 0 Å². The summed E-state index contributed by atoms with van der Waals surface area (Å²) in [5.74, 6) is 1.18. The van der Waals surface area contributed by atoms with Gasteiger partial charge in [0.1, 0.15) is 6.10 Å². The number of hydrogen-bond donors (Lipinski definition) is 0. The molecule has 0 N–H and O–H groups in total. The van der Waals surface area contributed by atoms with Gasteiger partial charge in [0.25, 0.3) is 0 Å². The first-order chi connectivity index (χ1) is 12.3. The Balaban J connectivity index is 1.32. The maximum atomic E-state index is 12.5. The molecule has 1 saturated heterocycles. The monoisotopic (exact) mass is 349 g/mol. The van der Waals surface area contributed by atoms with Gasteiger partial charge in [0.15, 0.2) is 0 Å². The van der Waals surface area contributed by atoms with Crippen molar-refractivity contribution in [2.24, 2.45) is 11.8 Å². The topological polar surface area (TPSA) is 29.5 Å².